The smallest absolute Gasteiger partial charge is 0.241 e. The van der Waals surface area contributed by atoms with Gasteiger partial charge in [-0.15, -0.1) is 12.4 Å². The molecule has 1 aromatic heterocycles. The quantitative estimate of drug-likeness (QED) is 0.504. The van der Waals surface area contributed by atoms with Gasteiger partial charge in [0.25, 0.3) is 0 Å². The van der Waals surface area contributed by atoms with E-state index >= 15 is 0 Å². The van der Waals surface area contributed by atoms with E-state index in [0.29, 0.717) is 25.7 Å². The van der Waals surface area contributed by atoms with Gasteiger partial charge in [-0.25, -0.2) is 0 Å². The number of aromatic nitrogens is 1. The van der Waals surface area contributed by atoms with Crippen LogP contribution in [-0.4, -0.2) is 67.9 Å². The average molecular weight is 525 g/mol. The number of ether oxygens (including phenoxy) is 1. The first-order valence-corrected chi connectivity index (χ1v) is 12.8. The first kappa shape index (κ1) is 27.3. The average Bonchev–Trinajstić information content (AvgIpc) is 3.44. The van der Waals surface area contributed by atoms with E-state index in [1.54, 1.807) is 7.11 Å². The van der Waals surface area contributed by atoms with Crippen molar-refractivity contribution in [2.45, 2.75) is 44.7 Å². The van der Waals surface area contributed by atoms with Gasteiger partial charge in [-0.1, -0.05) is 47.6 Å². The Balaban J connectivity index is 0.00000320. The normalized spacial score (nSPS) is 23.5. The van der Waals surface area contributed by atoms with Gasteiger partial charge in [-0.05, 0) is 49.9 Å². The summed E-state index contributed by atoms with van der Waals surface area (Å²) in [5.41, 5.74) is 4.89. The zero-order valence-electron chi connectivity index (χ0n) is 22.1. The largest absolute Gasteiger partial charge is 0.383 e. The molecule has 37 heavy (non-hydrogen) atoms. The minimum atomic E-state index is -0.458. The van der Waals surface area contributed by atoms with E-state index in [9.17, 15) is 4.79 Å². The maximum atomic E-state index is 13.9. The second-order valence-corrected chi connectivity index (χ2v) is 10.5. The number of nitrogens with one attached hydrogen (secondary N) is 1. The number of hydrogen-bond acceptors (Lipinski definition) is 6. The van der Waals surface area contributed by atoms with Crippen LogP contribution in [0.5, 0.6) is 0 Å². The molecule has 5 rings (SSSR count). The van der Waals surface area contributed by atoms with Crippen molar-refractivity contribution in [2.75, 3.05) is 44.8 Å². The molecule has 1 saturated heterocycles. The molecule has 2 aromatic carbocycles. The first-order valence-electron chi connectivity index (χ1n) is 12.8. The molecule has 0 unspecified atom stereocenters. The summed E-state index contributed by atoms with van der Waals surface area (Å²) in [5, 5.41) is 7.65. The molecule has 1 N–H and O–H groups in total. The molecule has 0 aliphatic carbocycles. The fraction of sp³-hybridized carbons (Fsp3) is 0.448. The van der Waals surface area contributed by atoms with E-state index in [2.05, 4.69) is 71.7 Å². The number of nitrogens with zero attached hydrogens (tertiary/aromatic N) is 3. The van der Waals surface area contributed by atoms with Crippen LogP contribution in [0.15, 0.2) is 59.1 Å². The van der Waals surface area contributed by atoms with Gasteiger partial charge >= 0.3 is 0 Å². The molecule has 0 bridgehead atoms. The van der Waals surface area contributed by atoms with Gasteiger partial charge in [0.2, 0.25) is 5.91 Å². The summed E-state index contributed by atoms with van der Waals surface area (Å²) in [4.78, 5) is 18.1. The number of rotatable bonds is 7. The summed E-state index contributed by atoms with van der Waals surface area (Å²) in [6, 6.07) is 19.4. The lowest BCUT2D eigenvalue weighted by molar-refractivity contribution is -0.121. The number of hydrogen-bond donors (Lipinski definition) is 1. The molecular formula is C29H37ClN4O3. The Hall–Kier alpha value is -2.71. The Morgan fingerprint density at radius 2 is 1.97 bits per heavy atom. The van der Waals surface area contributed by atoms with E-state index < -0.39 is 5.41 Å². The summed E-state index contributed by atoms with van der Waals surface area (Å²) in [7, 11) is 1.72. The number of carbonyl (C=O) groups is 1. The van der Waals surface area contributed by atoms with Crippen molar-refractivity contribution in [3.63, 3.8) is 0 Å². The second kappa shape index (κ2) is 11.4. The molecular weight excluding hydrogens is 488 g/mol. The molecule has 3 aromatic rings. The number of fused-ring (bicyclic) bond motifs is 1. The van der Waals surface area contributed by atoms with Crippen LogP contribution in [-0.2, 0) is 21.4 Å². The minimum Gasteiger partial charge on any atom is -0.383 e. The van der Waals surface area contributed by atoms with E-state index in [0.717, 1.165) is 42.2 Å². The van der Waals surface area contributed by atoms with Crippen LogP contribution in [0.25, 0.3) is 0 Å². The minimum absolute atomic E-state index is 0. The number of benzene rings is 2. The van der Waals surface area contributed by atoms with Crippen molar-refractivity contribution in [3.05, 3.63) is 82.7 Å². The number of amides is 1. The number of methoxy groups -OCH3 is 1. The lowest BCUT2D eigenvalue weighted by Gasteiger charge is -2.39. The summed E-state index contributed by atoms with van der Waals surface area (Å²) >= 11 is 0. The first-order chi connectivity index (χ1) is 17.4. The highest BCUT2D eigenvalue weighted by Gasteiger charge is 2.45. The highest BCUT2D eigenvalue weighted by atomic mass is 35.5. The van der Waals surface area contributed by atoms with Crippen molar-refractivity contribution >= 4 is 24.0 Å². The zero-order chi connectivity index (χ0) is 25.3. The summed E-state index contributed by atoms with van der Waals surface area (Å²) in [5.74, 6) is 0.892. The standard InChI is InChI=1S/C29H36N4O3.ClH/c1-20-12-27(36-31-20)29(3)19-33(28(34)17-32-16-21(2)30-15-24(32)18-35-4)26-14-23(10-11-25(26)29)13-22-8-6-5-7-9-22;/h5-12,14,21,24,30H,13,15-19H2,1-4H3;1H/t21-,24-,29+;/m1./s1. The van der Waals surface area contributed by atoms with E-state index in [4.69, 9.17) is 9.26 Å². The van der Waals surface area contributed by atoms with Crippen molar-refractivity contribution in [2.24, 2.45) is 0 Å². The summed E-state index contributed by atoms with van der Waals surface area (Å²) in [6.07, 6.45) is 0.819. The van der Waals surface area contributed by atoms with Crippen LogP contribution < -0.4 is 10.2 Å². The van der Waals surface area contributed by atoms with E-state index in [1.165, 1.54) is 11.1 Å². The molecule has 198 valence electrons. The van der Waals surface area contributed by atoms with Gasteiger partial charge in [0.1, 0.15) is 5.76 Å². The van der Waals surface area contributed by atoms with Gasteiger partial charge in [0, 0.05) is 50.6 Å². The van der Waals surface area contributed by atoms with Gasteiger partial charge in [0.05, 0.1) is 24.3 Å². The van der Waals surface area contributed by atoms with Gasteiger partial charge in [0.15, 0.2) is 0 Å². The molecule has 3 heterocycles. The topological polar surface area (TPSA) is 70.8 Å². The molecule has 3 atom stereocenters. The third-order valence-corrected chi connectivity index (χ3v) is 7.57. The molecule has 0 radical (unpaired) electrons. The lowest BCUT2D eigenvalue weighted by atomic mass is 9.81. The number of carbonyl (C=O) groups excluding carboxylic acids is 1. The van der Waals surface area contributed by atoms with Crippen LogP contribution in [0, 0.1) is 6.92 Å². The van der Waals surface area contributed by atoms with Gasteiger partial charge < -0.3 is 19.5 Å². The molecule has 2 aliphatic heterocycles. The highest BCUT2D eigenvalue weighted by Crippen LogP contribution is 2.46. The monoisotopic (exact) mass is 524 g/mol. The maximum absolute atomic E-state index is 13.9. The van der Waals surface area contributed by atoms with E-state index in [1.807, 2.05) is 24.0 Å². The third kappa shape index (κ3) is 5.60. The van der Waals surface area contributed by atoms with Gasteiger partial charge in [-0.2, -0.15) is 0 Å². The highest BCUT2D eigenvalue weighted by molar-refractivity contribution is 5.98. The predicted molar refractivity (Wildman–Crippen MR) is 148 cm³/mol. The molecule has 2 aliphatic rings. The van der Waals surface area contributed by atoms with Crippen molar-refractivity contribution < 1.29 is 14.1 Å². The molecule has 0 saturated carbocycles. The predicted octanol–water partition coefficient (Wildman–Crippen LogP) is 3.96. The second-order valence-electron chi connectivity index (χ2n) is 10.5. The van der Waals surface area contributed by atoms with E-state index in [-0.39, 0.29) is 24.4 Å². The number of halogens is 1. The van der Waals surface area contributed by atoms with Crippen molar-refractivity contribution in [3.8, 4) is 0 Å². The van der Waals surface area contributed by atoms with Gasteiger partial charge in [-0.3, -0.25) is 9.69 Å². The number of piperazine rings is 1. The molecule has 1 fully saturated rings. The molecule has 8 heteroatoms. The SMILES string of the molecule is COC[C@H]1CN[C@H](C)CN1CC(=O)N1C[C@](C)(c2cc(C)no2)c2ccc(Cc3ccccc3)cc21.Cl. The summed E-state index contributed by atoms with van der Waals surface area (Å²) in [6.45, 7) is 9.35. The Labute approximate surface area is 225 Å². The Bertz CT molecular complexity index is 1220. The zero-order valence-corrected chi connectivity index (χ0v) is 22.9. The molecule has 1 amide bonds. The van der Waals surface area contributed by atoms with Crippen LogP contribution >= 0.6 is 12.4 Å². The Morgan fingerprint density at radius 3 is 2.68 bits per heavy atom. The van der Waals surface area contributed by atoms with Crippen LogP contribution in [0.1, 0.15) is 42.0 Å². The van der Waals surface area contributed by atoms with Crippen molar-refractivity contribution in [1.82, 2.24) is 15.4 Å². The molecule has 7 nitrogen and oxygen atoms in total. The fourth-order valence-electron chi connectivity index (χ4n) is 5.59. The fourth-order valence-corrected chi connectivity index (χ4v) is 5.59. The lowest BCUT2D eigenvalue weighted by Crippen LogP contribution is -2.59. The summed E-state index contributed by atoms with van der Waals surface area (Å²) < 4.78 is 11.2. The van der Waals surface area contributed by atoms with Crippen LogP contribution in [0.3, 0.4) is 0 Å². The molecule has 0 spiro atoms. The maximum Gasteiger partial charge on any atom is 0.241 e. The van der Waals surface area contributed by atoms with Crippen LogP contribution in [0.4, 0.5) is 5.69 Å². The Kier molecular flexibility index (Phi) is 8.39. The number of anilines is 1. The van der Waals surface area contributed by atoms with Crippen molar-refractivity contribution in [1.29, 1.82) is 0 Å². The van der Waals surface area contributed by atoms with Crippen LogP contribution in [0.2, 0.25) is 0 Å². The number of aryl methyl sites for hydroxylation is 1. The Morgan fingerprint density at radius 1 is 1.19 bits per heavy atom. The third-order valence-electron chi connectivity index (χ3n) is 7.57.